The predicted molar refractivity (Wildman–Crippen MR) is 98.6 cm³/mol. The highest BCUT2D eigenvalue weighted by Gasteiger charge is 2.10. The highest BCUT2D eigenvalue weighted by Crippen LogP contribution is 2.23. The summed E-state index contributed by atoms with van der Waals surface area (Å²) in [7, 11) is 4.10. The molecular formula is C20H28N2O. The van der Waals surface area contributed by atoms with Gasteiger partial charge in [-0.25, -0.2) is 0 Å². The van der Waals surface area contributed by atoms with E-state index in [0.29, 0.717) is 19.1 Å². The third kappa shape index (κ3) is 4.73. The van der Waals surface area contributed by atoms with Crippen LogP contribution >= 0.6 is 0 Å². The van der Waals surface area contributed by atoms with Gasteiger partial charge in [0.1, 0.15) is 5.75 Å². The summed E-state index contributed by atoms with van der Waals surface area (Å²) in [6.07, 6.45) is 0.921. The van der Waals surface area contributed by atoms with E-state index in [0.717, 1.165) is 12.2 Å². The van der Waals surface area contributed by atoms with Gasteiger partial charge in [0.2, 0.25) is 0 Å². The maximum Gasteiger partial charge on any atom is 0.119 e. The number of anilines is 1. The summed E-state index contributed by atoms with van der Waals surface area (Å²) in [5, 5.41) is 0. The van der Waals surface area contributed by atoms with E-state index < -0.39 is 0 Å². The molecule has 0 saturated heterocycles. The van der Waals surface area contributed by atoms with E-state index in [1.807, 2.05) is 20.2 Å². The summed E-state index contributed by atoms with van der Waals surface area (Å²) in [5.74, 6) is 1.27. The Bertz CT molecular complexity index is 620. The molecule has 0 aliphatic heterocycles. The Kier molecular flexibility index (Phi) is 6.05. The first-order chi connectivity index (χ1) is 11.0. The second-order valence-electron chi connectivity index (χ2n) is 6.30. The lowest BCUT2D eigenvalue weighted by Crippen LogP contribution is -2.16. The van der Waals surface area contributed by atoms with Crippen LogP contribution in [-0.4, -0.2) is 27.2 Å². The van der Waals surface area contributed by atoms with Crippen LogP contribution in [-0.2, 0) is 0 Å². The molecule has 2 rings (SSSR count). The molecule has 1 atom stereocenters. The monoisotopic (exact) mass is 312 g/mol. The van der Waals surface area contributed by atoms with Crippen LogP contribution in [0.3, 0.4) is 0 Å². The van der Waals surface area contributed by atoms with Crippen molar-refractivity contribution in [1.82, 2.24) is 0 Å². The molecule has 2 N–H and O–H groups in total. The van der Waals surface area contributed by atoms with Crippen LogP contribution in [0.1, 0.15) is 29.0 Å². The molecule has 0 saturated carbocycles. The highest BCUT2D eigenvalue weighted by molar-refractivity contribution is 5.46. The first-order valence-corrected chi connectivity index (χ1v) is 8.18. The average Bonchev–Trinajstić information content (AvgIpc) is 2.55. The van der Waals surface area contributed by atoms with Crippen molar-refractivity contribution in [2.24, 2.45) is 5.73 Å². The Morgan fingerprint density at radius 3 is 2.26 bits per heavy atom. The number of aryl methyl sites for hydroxylation is 2. The van der Waals surface area contributed by atoms with Crippen molar-refractivity contribution in [3.8, 4) is 5.75 Å². The SMILES string of the molecule is Cc1ccc(OCCC(CN)c2ccc(N(C)C)cc2)cc1C. The van der Waals surface area contributed by atoms with Crippen molar-refractivity contribution in [2.75, 3.05) is 32.1 Å². The van der Waals surface area contributed by atoms with Gasteiger partial charge < -0.3 is 15.4 Å². The molecule has 0 aromatic heterocycles. The minimum atomic E-state index is 0.331. The molecule has 0 spiro atoms. The van der Waals surface area contributed by atoms with Crippen LogP contribution in [0.2, 0.25) is 0 Å². The third-order valence-corrected chi connectivity index (χ3v) is 4.38. The number of benzene rings is 2. The Labute approximate surface area is 140 Å². The normalized spacial score (nSPS) is 12.0. The van der Waals surface area contributed by atoms with Crippen molar-refractivity contribution in [3.63, 3.8) is 0 Å². The van der Waals surface area contributed by atoms with Crippen LogP contribution in [0.15, 0.2) is 42.5 Å². The van der Waals surface area contributed by atoms with Gasteiger partial charge in [0, 0.05) is 19.8 Å². The number of nitrogens with zero attached hydrogens (tertiary/aromatic N) is 1. The van der Waals surface area contributed by atoms with E-state index in [1.165, 1.54) is 22.4 Å². The zero-order chi connectivity index (χ0) is 16.8. The van der Waals surface area contributed by atoms with Crippen molar-refractivity contribution in [1.29, 1.82) is 0 Å². The van der Waals surface area contributed by atoms with E-state index in [9.17, 15) is 0 Å². The standard InChI is InChI=1S/C20H28N2O/c1-15-5-10-20(13-16(15)2)23-12-11-18(14-21)17-6-8-19(9-7-17)22(3)4/h5-10,13,18H,11-12,14,21H2,1-4H3. The lowest BCUT2D eigenvalue weighted by molar-refractivity contribution is 0.298. The summed E-state index contributed by atoms with van der Waals surface area (Å²) in [5.41, 5.74) is 11.0. The fourth-order valence-corrected chi connectivity index (χ4v) is 2.59. The van der Waals surface area contributed by atoms with Gasteiger partial charge in [-0.1, -0.05) is 18.2 Å². The van der Waals surface area contributed by atoms with Gasteiger partial charge in [-0.15, -0.1) is 0 Å². The van der Waals surface area contributed by atoms with Gasteiger partial charge in [0.25, 0.3) is 0 Å². The summed E-state index contributed by atoms with van der Waals surface area (Å²) < 4.78 is 5.89. The molecule has 0 fully saturated rings. The number of hydrogen-bond donors (Lipinski definition) is 1. The van der Waals surface area contributed by atoms with E-state index in [2.05, 4.69) is 55.1 Å². The first kappa shape index (κ1) is 17.4. The predicted octanol–water partition coefficient (Wildman–Crippen LogP) is 3.88. The van der Waals surface area contributed by atoms with Gasteiger partial charge in [-0.05, 0) is 73.7 Å². The van der Waals surface area contributed by atoms with E-state index in [1.54, 1.807) is 0 Å². The smallest absolute Gasteiger partial charge is 0.119 e. The fraction of sp³-hybridized carbons (Fsp3) is 0.400. The van der Waals surface area contributed by atoms with Crippen LogP contribution in [0.25, 0.3) is 0 Å². The molecule has 0 bridgehead atoms. The van der Waals surface area contributed by atoms with Crippen molar-refractivity contribution < 1.29 is 4.74 Å². The summed E-state index contributed by atoms with van der Waals surface area (Å²) >= 11 is 0. The van der Waals surface area contributed by atoms with E-state index >= 15 is 0 Å². The Morgan fingerprint density at radius 2 is 1.70 bits per heavy atom. The Hall–Kier alpha value is -2.00. The molecule has 1 unspecified atom stereocenters. The molecule has 2 aromatic rings. The molecule has 23 heavy (non-hydrogen) atoms. The lowest BCUT2D eigenvalue weighted by Gasteiger charge is -2.18. The van der Waals surface area contributed by atoms with Crippen LogP contribution in [0.5, 0.6) is 5.75 Å². The number of hydrogen-bond acceptors (Lipinski definition) is 3. The lowest BCUT2D eigenvalue weighted by atomic mass is 9.96. The molecule has 0 amide bonds. The molecule has 3 nitrogen and oxygen atoms in total. The third-order valence-electron chi connectivity index (χ3n) is 4.38. The number of ether oxygens (including phenoxy) is 1. The zero-order valence-electron chi connectivity index (χ0n) is 14.7. The molecule has 0 aliphatic rings. The minimum absolute atomic E-state index is 0.331. The Morgan fingerprint density at radius 1 is 1.00 bits per heavy atom. The molecule has 124 valence electrons. The second kappa shape index (κ2) is 8.02. The molecular weight excluding hydrogens is 284 g/mol. The second-order valence-corrected chi connectivity index (χ2v) is 6.30. The van der Waals surface area contributed by atoms with Crippen molar-refractivity contribution in [3.05, 3.63) is 59.2 Å². The van der Waals surface area contributed by atoms with E-state index in [4.69, 9.17) is 10.5 Å². The Balaban J connectivity index is 1.92. The molecule has 3 heteroatoms. The summed E-state index contributed by atoms with van der Waals surface area (Å²) in [6, 6.07) is 14.9. The maximum atomic E-state index is 5.96. The number of nitrogens with two attached hydrogens (primary N) is 1. The zero-order valence-corrected chi connectivity index (χ0v) is 14.7. The average molecular weight is 312 g/mol. The summed E-state index contributed by atoms with van der Waals surface area (Å²) in [4.78, 5) is 2.10. The maximum absolute atomic E-state index is 5.96. The topological polar surface area (TPSA) is 38.5 Å². The molecule has 0 heterocycles. The van der Waals surface area contributed by atoms with Crippen LogP contribution < -0.4 is 15.4 Å². The highest BCUT2D eigenvalue weighted by atomic mass is 16.5. The minimum Gasteiger partial charge on any atom is -0.494 e. The largest absolute Gasteiger partial charge is 0.494 e. The van der Waals surface area contributed by atoms with Crippen molar-refractivity contribution in [2.45, 2.75) is 26.2 Å². The molecule has 0 radical (unpaired) electrons. The van der Waals surface area contributed by atoms with Crippen molar-refractivity contribution >= 4 is 5.69 Å². The van der Waals surface area contributed by atoms with Gasteiger partial charge in [0.15, 0.2) is 0 Å². The van der Waals surface area contributed by atoms with Gasteiger partial charge in [0.05, 0.1) is 6.61 Å². The van der Waals surface area contributed by atoms with Gasteiger partial charge >= 0.3 is 0 Å². The summed E-state index contributed by atoms with van der Waals surface area (Å²) in [6.45, 7) is 5.54. The number of rotatable bonds is 7. The van der Waals surface area contributed by atoms with Gasteiger partial charge in [-0.2, -0.15) is 0 Å². The fourth-order valence-electron chi connectivity index (χ4n) is 2.59. The van der Waals surface area contributed by atoms with Crippen LogP contribution in [0, 0.1) is 13.8 Å². The quantitative estimate of drug-likeness (QED) is 0.843. The van der Waals surface area contributed by atoms with Gasteiger partial charge in [-0.3, -0.25) is 0 Å². The molecule has 2 aromatic carbocycles. The van der Waals surface area contributed by atoms with Crippen LogP contribution in [0.4, 0.5) is 5.69 Å². The molecule has 0 aliphatic carbocycles. The first-order valence-electron chi connectivity index (χ1n) is 8.18. The van der Waals surface area contributed by atoms with E-state index in [-0.39, 0.29) is 0 Å².